The quantitative estimate of drug-likeness (QED) is 0.795. The van der Waals surface area contributed by atoms with Crippen molar-refractivity contribution < 1.29 is 13.7 Å². The number of rotatable bonds is 4. The minimum atomic E-state index is -0.162. The van der Waals surface area contributed by atoms with Crippen molar-refractivity contribution >= 4 is 16.9 Å². The molecule has 0 bridgehead atoms. The largest absolute Gasteiger partial charge is 0.461 e. The number of amides is 1. The Morgan fingerprint density at radius 2 is 2.12 bits per heavy atom. The number of hydrogen-bond donors (Lipinski definition) is 1. The fourth-order valence-electron chi connectivity index (χ4n) is 3.35. The summed E-state index contributed by atoms with van der Waals surface area (Å²) in [5.41, 5.74) is 2.30. The van der Waals surface area contributed by atoms with Crippen LogP contribution in [0.15, 0.2) is 39.3 Å². The highest BCUT2D eigenvalue weighted by Crippen LogP contribution is 2.24. The maximum atomic E-state index is 12.5. The van der Waals surface area contributed by atoms with Crippen molar-refractivity contribution in [2.45, 2.75) is 45.1 Å². The molecule has 1 atom stereocenters. The van der Waals surface area contributed by atoms with Gasteiger partial charge in [0.2, 0.25) is 0 Å². The number of furan rings is 1. The number of carbonyl (C=O) groups excluding carboxylic acids is 1. The van der Waals surface area contributed by atoms with Crippen molar-refractivity contribution in [3.8, 4) is 0 Å². The standard InChI is InChI=1S/C19H20N2O3/c1-12(10-14-11-13-6-2-4-8-16(13)23-14)20-19(22)18-15-7-3-5-9-17(15)24-21-18/h2,4,6,8,11-12H,3,5,7,9-10H2,1H3,(H,20,22)/t12-/m1/s1. The van der Waals surface area contributed by atoms with Gasteiger partial charge < -0.3 is 14.3 Å². The summed E-state index contributed by atoms with van der Waals surface area (Å²) in [5, 5.41) is 8.07. The van der Waals surface area contributed by atoms with Crippen molar-refractivity contribution in [1.82, 2.24) is 10.5 Å². The average molecular weight is 324 g/mol. The summed E-state index contributed by atoms with van der Waals surface area (Å²) in [7, 11) is 0. The lowest BCUT2D eigenvalue weighted by Crippen LogP contribution is -2.34. The van der Waals surface area contributed by atoms with Crippen molar-refractivity contribution in [3.05, 3.63) is 53.1 Å². The molecule has 0 saturated heterocycles. The van der Waals surface area contributed by atoms with Crippen LogP contribution in [0.25, 0.3) is 11.0 Å². The van der Waals surface area contributed by atoms with E-state index >= 15 is 0 Å². The second-order valence-corrected chi connectivity index (χ2v) is 6.47. The fourth-order valence-corrected chi connectivity index (χ4v) is 3.35. The highest BCUT2D eigenvalue weighted by atomic mass is 16.5. The van der Waals surface area contributed by atoms with Gasteiger partial charge in [-0.05, 0) is 38.3 Å². The lowest BCUT2D eigenvalue weighted by atomic mass is 9.96. The second-order valence-electron chi connectivity index (χ2n) is 6.47. The number of nitrogens with one attached hydrogen (secondary N) is 1. The molecule has 5 nitrogen and oxygen atoms in total. The monoisotopic (exact) mass is 324 g/mol. The van der Waals surface area contributed by atoms with E-state index in [-0.39, 0.29) is 11.9 Å². The highest BCUT2D eigenvalue weighted by molar-refractivity contribution is 5.94. The molecule has 3 aromatic rings. The Kier molecular flexibility index (Phi) is 3.84. The van der Waals surface area contributed by atoms with Crippen molar-refractivity contribution in [3.63, 3.8) is 0 Å². The molecular formula is C19H20N2O3. The van der Waals surface area contributed by atoms with Crippen LogP contribution in [-0.2, 0) is 19.3 Å². The fraction of sp³-hybridized carbons (Fsp3) is 0.368. The van der Waals surface area contributed by atoms with Crippen molar-refractivity contribution in [2.75, 3.05) is 0 Å². The Bertz CT molecular complexity index is 845. The maximum Gasteiger partial charge on any atom is 0.273 e. The molecule has 0 aliphatic heterocycles. The Morgan fingerprint density at radius 3 is 3.00 bits per heavy atom. The van der Waals surface area contributed by atoms with E-state index in [4.69, 9.17) is 8.94 Å². The molecule has 1 N–H and O–H groups in total. The van der Waals surface area contributed by atoms with Gasteiger partial charge >= 0.3 is 0 Å². The molecule has 0 spiro atoms. The molecule has 0 radical (unpaired) electrons. The maximum absolute atomic E-state index is 12.5. The Balaban J connectivity index is 1.44. The molecule has 1 aromatic carbocycles. The van der Waals surface area contributed by atoms with Gasteiger partial charge in [0.25, 0.3) is 5.91 Å². The molecule has 4 rings (SSSR count). The first-order valence-corrected chi connectivity index (χ1v) is 8.46. The van der Waals surface area contributed by atoms with E-state index in [0.717, 1.165) is 53.7 Å². The third-order valence-electron chi connectivity index (χ3n) is 4.53. The zero-order valence-corrected chi connectivity index (χ0v) is 13.7. The number of carbonyl (C=O) groups is 1. The molecule has 124 valence electrons. The van der Waals surface area contributed by atoms with Crippen LogP contribution in [0.5, 0.6) is 0 Å². The summed E-state index contributed by atoms with van der Waals surface area (Å²) in [6.45, 7) is 1.97. The van der Waals surface area contributed by atoms with Crippen LogP contribution in [-0.4, -0.2) is 17.1 Å². The summed E-state index contributed by atoms with van der Waals surface area (Å²) in [4.78, 5) is 12.5. The number of benzene rings is 1. The minimum Gasteiger partial charge on any atom is -0.461 e. The SMILES string of the molecule is C[C@H](Cc1cc2ccccc2o1)NC(=O)c1noc2c1CCCC2. The summed E-state index contributed by atoms with van der Waals surface area (Å²) in [6, 6.07) is 9.89. The first-order valence-electron chi connectivity index (χ1n) is 8.46. The van der Waals surface area contributed by atoms with Gasteiger partial charge in [0.1, 0.15) is 17.1 Å². The average Bonchev–Trinajstić information content (AvgIpc) is 3.17. The summed E-state index contributed by atoms with van der Waals surface area (Å²) in [5.74, 6) is 1.58. The van der Waals surface area contributed by atoms with Gasteiger partial charge in [0.05, 0.1) is 0 Å². The smallest absolute Gasteiger partial charge is 0.273 e. The van der Waals surface area contributed by atoms with E-state index in [0.29, 0.717) is 12.1 Å². The van der Waals surface area contributed by atoms with Crippen molar-refractivity contribution in [2.24, 2.45) is 0 Å². The van der Waals surface area contributed by atoms with Gasteiger partial charge in [0.15, 0.2) is 5.69 Å². The molecule has 0 fully saturated rings. The van der Waals surface area contributed by atoms with Crippen LogP contribution in [0.3, 0.4) is 0 Å². The van der Waals surface area contributed by atoms with Crippen LogP contribution < -0.4 is 5.32 Å². The highest BCUT2D eigenvalue weighted by Gasteiger charge is 2.24. The number of fused-ring (bicyclic) bond motifs is 2. The molecule has 1 aliphatic carbocycles. The van der Waals surface area contributed by atoms with Gasteiger partial charge in [-0.25, -0.2) is 0 Å². The molecule has 1 amide bonds. The summed E-state index contributed by atoms with van der Waals surface area (Å²) < 4.78 is 11.1. The molecule has 24 heavy (non-hydrogen) atoms. The molecule has 0 saturated carbocycles. The molecule has 2 aromatic heterocycles. The van der Waals surface area contributed by atoms with E-state index in [9.17, 15) is 4.79 Å². The van der Waals surface area contributed by atoms with Crippen LogP contribution in [0.2, 0.25) is 0 Å². The minimum absolute atomic E-state index is 0.0472. The topological polar surface area (TPSA) is 68.3 Å². The third kappa shape index (κ3) is 2.82. The van der Waals surface area contributed by atoms with E-state index in [2.05, 4.69) is 10.5 Å². The predicted octanol–water partition coefficient (Wildman–Crippen LogP) is 3.66. The molecule has 0 unspecified atom stereocenters. The molecule has 2 heterocycles. The Morgan fingerprint density at radius 1 is 1.29 bits per heavy atom. The van der Waals surface area contributed by atoms with Crippen LogP contribution in [0.4, 0.5) is 0 Å². The first kappa shape index (κ1) is 15.0. The third-order valence-corrected chi connectivity index (χ3v) is 4.53. The molecule has 1 aliphatic rings. The number of aromatic nitrogens is 1. The summed E-state index contributed by atoms with van der Waals surface area (Å²) in [6.07, 6.45) is 4.58. The van der Waals surface area contributed by atoms with E-state index in [1.165, 1.54) is 0 Å². The first-order chi connectivity index (χ1) is 11.7. The van der Waals surface area contributed by atoms with Gasteiger partial charge in [-0.3, -0.25) is 4.79 Å². The van der Waals surface area contributed by atoms with E-state index in [1.54, 1.807) is 0 Å². The molecule has 5 heteroatoms. The van der Waals surface area contributed by atoms with E-state index < -0.39 is 0 Å². The lowest BCUT2D eigenvalue weighted by Gasteiger charge is -2.13. The second kappa shape index (κ2) is 6.15. The lowest BCUT2D eigenvalue weighted by molar-refractivity contribution is 0.0929. The number of aryl methyl sites for hydroxylation is 1. The van der Waals surface area contributed by atoms with Crippen LogP contribution in [0, 0.1) is 0 Å². The zero-order chi connectivity index (χ0) is 16.5. The van der Waals surface area contributed by atoms with Crippen molar-refractivity contribution in [1.29, 1.82) is 0 Å². The Labute approximate surface area is 140 Å². The molecular weight excluding hydrogens is 304 g/mol. The number of para-hydroxylation sites is 1. The van der Waals surface area contributed by atoms with E-state index in [1.807, 2.05) is 37.3 Å². The van der Waals surface area contributed by atoms with Gasteiger partial charge in [-0.2, -0.15) is 0 Å². The summed E-state index contributed by atoms with van der Waals surface area (Å²) >= 11 is 0. The normalized spacial score (nSPS) is 15.2. The van der Waals surface area contributed by atoms with Crippen LogP contribution >= 0.6 is 0 Å². The Hall–Kier alpha value is -2.56. The zero-order valence-electron chi connectivity index (χ0n) is 13.7. The number of nitrogens with zero attached hydrogens (tertiary/aromatic N) is 1. The van der Waals surface area contributed by atoms with Gasteiger partial charge in [-0.1, -0.05) is 23.4 Å². The van der Waals surface area contributed by atoms with Gasteiger partial charge in [0, 0.05) is 29.8 Å². The van der Waals surface area contributed by atoms with Crippen LogP contribution in [0.1, 0.15) is 47.3 Å². The van der Waals surface area contributed by atoms with Gasteiger partial charge in [-0.15, -0.1) is 0 Å². The predicted molar refractivity (Wildman–Crippen MR) is 90.0 cm³/mol. The number of hydrogen-bond acceptors (Lipinski definition) is 4.